The van der Waals surface area contributed by atoms with Crippen molar-refractivity contribution in [2.24, 2.45) is 7.05 Å². The van der Waals surface area contributed by atoms with Crippen LogP contribution in [0.5, 0.6) is 11.5 Å². The highest BCUT2D eigenvalue weighted by molar-refractivity contribution is 5.89. The van der Waals surface area contributed by atoms with E-state index in [-0.39, 0.29) is 5.82 Å². The number of anilines is 3. The van der Waals surface area contributed by atoms with Crippen LogP contribution in [0.3, 0.4) is 0 Å². The Balaban J connectivity index is 1.66. The maximum Gasteiger partial charge on any atom is 0.156 e. The van der Waals surface area contributed by atoms with Gasteiger partial charge in [0.1, 0.15) is 28.7 Å². The molecule has 166 valence electrons. The second kappa shape index (κ2) is 9.13. The molecule has 32 heavy (non-hydrogen) atoms. The molecule has 2 aromatic heterocycles. The first-order chi connectivity index (χ1) is 15.5. The lowest BCUT2D eigenvalue weighted by Crippen LogP contribution is -2.06. The van der Waals surface area contributed by atoms with E-state index in [9.17, 15) is 4.39 Å². The predicted molar refractivity (Wildman–Crippen MR) is 124 cm³/mol. The zero-order valence-electron chi connectivity index (χ0n) is 18.6. The summed E-state index contributed by atoms with van der Waals surface area (Å²) in [6, 6.07) is 12.3. The van der Waals surface area contributed by atoms with Gasteiger partial charge in [0.15, 0.2) is 5.82 Å². The lowest BCUT2D eigenvalue weighted by atomic mass is 10.1. The van der Waals surface area contributed by atoms with Crippen molar-refractivity contribution >= 4 is 28.4 Å². The lowest BCUT2D eigenvalue weighted by Gasteiger charge is -2.14. The Morgan fingerprint density at radius 3 is 2.62 bits per heavy atom. The Morgan fingerprint density at radius 2 is 1.88 bits per heavy atom. The molecule has 0 aliphatic rings. The number of hydrogen-bond donors (Lipinski definition) is 2. The van der Waals surface area contributed by atoms with Gasteiger partial charge in [-0.05, 0) is 42.3 Å². The number of benzene rings is 2. The van der Waals surface area contributed by atoms with Crippen molar-refractivity contribution in [3.05, 3.63) is 65.7 Å². The molecule has 2 N–H and O–H groups in total. The smallest absolute Gasteiger partial charge is 0.156 e. The number of aromatic nitrogens is 3. The first-order valence-electron chi connectivity index (χ1n) is 10.3. The summed E-state index contributed by atoms with van der Waals surface area (Å²) in [7, 11) is 5.19. The zero-order valence-corrected chi connectivity index (χ0v) is 18.6. The molecule has 0 spiro atoms. The van der Waals surface area contributed by atoms with Crippen LogP contribution in [0, 0.1) is 5.82 Å². The van der Waals surface area contributed by atoms with Gasteiger partial charge in [0.25, 0.3) is 0 Å². The molecule has 4 rings (SSSR count). The van der Waals surface area contributed by atoms with E-state index in [1.165, 1.54) is 6.07 Å². The normalized spacial score (nSPS) is 10.9. The molecule has 0 aliphatic carbocycles. The third-order valence-electron chi connectivity index (χ3n) is 5.36. The van der Waals surface area contributed by atoms with Gasteiger partial charge in [0.05, 0.1) is 26.1 Å². The van der Waals surface area contributed by atoms with Gasteiger partial charge >= 0.3 is 0 Å². The quantitative estimate of drug-likeness (QED) is 0.404. The second-order valence-electron chi connectivity index (χ2n) is 7.39. The van der Waals surface area contributed by atoms with Crippen molar-refractivity contribution in [3.63, 3.8) is 0 Å². The van der Waals surface area contributed by atoms with E-state index >= 15 is 0 Å². The van der Waals surface area contributed by atoms with Crippen LogP contribution in [0.25, 0.3) is 11.0 Å². The lowest BCUT2D eigenvalue weighted by molar-refractivity contribution is 0.391. The standard InChI is InChI=1S/C24H26FN5O2/c1-5-15-10-17(25)7-9-19(15)28-22-12-20-23(27-14-30(20)2)24(29-22)26-13-16-6-8-18(31-3)11-21(16)32-4/h6-12,14H,5,13H2,1-4H3,(H2,26,28,29). The molecule has 0 atom stereocenters. The molecule has 0 bridgehead atoms. The van der Waals surface area contributed by atoms with Crippen LogP contribution in [0.1, 0.15) is 18.1 Å². The molecule has 0 aliphatic heterocycles. The summed E-state index contributed by atoms with van der Waals surface area (Å²) in [5, 5.41) is 6.72. The molecule has 0 saturated heterocycles. The van der Waals surface area contributed by atoms with Gasteiger partial charge in [-0.15, -0.1) is 0 Å². The summed E-state index contributed by atoms with van der Waals surface area (Å²) < 4.78 is 26.4. The molecular weight excluding hydrogens is 409 g/mol. The number of hydrogen-bond acceptors (Lipinski definition) is 6. The molecule has 0 unspecified atom stereocenters. The number of imidazole rings is 1. The summed E-state index contributed by atoms with van der Waals surface area (Å²) in [4.78, 5) is 9.26. The van der Waals surface area contributed by atoms with E-state index in [4.69, 9.17) is 14.5 Å². The molecule has 0 amide bonds. The fourth-order valence-electron chi connectivity index (χ4n) is 3.61. The number of aryl methyl sites for hydroxylation is 2. The highest BCUT2D eigenvalue weighted by Gasteiger charge is 2.13. The Kier molecular flexibility index (Phi) is 6.11. The van der Waals surface area contributed by atoms with Crippen molar-refractivity contribution < 1.29 is 13.9 Å². The minimum absolute atomic E-state index is 0.252. The average Bonchev–Trinajstić information content (AvgIpc) is 3.19. The van der Waals surface area contributed by atoms with E-state index < -0.39 is 0 Å². The van der Waals surface area contributed by atoms with Gasteiger partial charge in [0, 0.05) is 37.0 Å². The second-order valence-corrected chi connectivity index (χ2v) is 7.39. The van der Waals surface area contributed by atoms with E-state index in [1.807, 2.05) is 42.8 Å². The first kappa shape index (κ1) is 21.4. The summed E-state index contributed by atoms with van der Waals surface area (Å²) >= 11 is 0. The highest BCUT2D eigenvalue weighted by atomic mass is 19.1. The average molecular weight is 436 g/mol. The molecule has 4 aromatic rings. The van der Waals surface area contributed by atoms with Crippen LogP contribution in [0.2, 0.25) is 0 Å². The molecule has 8 heteroatoms. The Hall–Kier alpha value is -3.81. The number of rotatable bonds is 8. The van der Waals surface area contributed by atoms with Crippen molar-refractivity contribution in [2.45, 2.75) is 19.9 Å². The number of methoxy groups -OCH3 is 2. The van der Waals surface area contributed by atoms with Crippen molar-refractivity contribution in [3.8, 4) is 11.5 Å². The van der Waals surface area contributed by atoms with E-state index in [1.54, 1.807) is 32.7 Å². The SMILES string of the molecule is CCc1cc(F)ccc1Nc1cc2c(ncn2C)c(NCc2ccc(OC)cc2OC)n1. The van der Waals surface area contributed by atoms with Crippen LogP contribution in [0.4, 0.5) is 21.7 Å². The van der Waals surface area contributed by atoms with Gasteiger partial charge < -0.3 is 24.7 Å². The Bertz CT molecular complexity index is 1250. The first-order valence-corrected chi connectivity index (χ1v) is 10.3. The summed E-state index contributed by atoms with van der Waals surface area (Å²) in [6.07, 6.45) is 2.46. The molecule has 2 aromatic carbocycles. The van der Waals surface area contributed by atoms with E-state index in [0.717, 1.165) is 39.3 Å². The maximum atomic E-state index is 13.6. The fourth-order valence-corrected chi connectivity index (χ4v) is 3.61. The van der Waals surface area contributed by atoms with Gasteiger partial charge in [-0.1, -0.05) is 6.92 Å². The number of fused-ring (bicyclic) bond motifs is 1. The Morgan fingerprint density at radius 1 is 1.03 bits per heavy atom. The number of ether oxygens (including phenoxy) is 2. The van der Waals surface area contributed by atoms with Crippen LogP contribution in [-0.2, 0) is 20.0 Å². The number of nitrogens with zero attached hydrogens (tertiary/aromatic N) is 3. The van der Waals surface area contributed by atoms with Gasteiger partial charge in [-0.25, -0.2) is 14.4 Å². The summed E-state index contributed by atoms with van der Waals surface area (Å²) in [6.45, 7) is 2.49. The molecule has 7 nitrogen and oxygen atoms in total. The van der Waals surface area contributed by atoms with Gasteiger partial charge in [-0.3, -0.25) is 0 Å². The minimum atomic E-state index is -0.252. The van der Waals surface area contributed by atoms with Crippen LogP contribution in [0.15, 0.2) is 48.8 Å². The molecule has 0 fully saturated rings. The topological polar surface area (TPSA) is 73.2 Å². The number of halogens is 1. The summed E-state index contributed by atoms with van der Waals surface area (Å²) in [5.74, 6) is 2.49. The van der Waals surface area contributed by atoms with Crippen molar-refractivity contribution in [1.29, 1.82) is 0 Å². The number of pyridine rings is 1. The molecule has 2 heterocycles. The number of nitrogens with one attached hydrogen (secondary N) is 2. The summed E-state index contributed by atoms with van der Waals surface area (Å²) in [5.41, 5.74) is 4.36. The van der Waals surface area contributed by atoms with Crippen molar-refractivity contribution in [1.82, 2.24) is 14.5 Å². The molecular formula is C24H26FN5O2. The zero-order chi connectivity index (χ0) is 22.7. The van der Waals surface area contributed by atoms with Gasteiger partial charge in [-0.2, -0.15) is 0 Å². The van der Waals surface area contributed by atoms with E-state index in [0.29, 0.717) is 24.6 Å². The molecule has 0 saturated carbocycles. The van der Waals surface area contributed by atoms with Gasteiger partial charge in [0.2, 0.25) is 0 Å². The van der Waals surface area contributed by atoms with Crippen LogP contribution >= 0.6 is 0 Å². The molecule has 0 radical (unpaired) electrons. The van der Waals surface area contributed by atoms with E-state index in [2.05, 4.69) is 15.6 Å². The highest BCUT2D eigenvalue weighted by Crippen LogP contribution is 2.29. The van der Waals surface area contributed by atoms with Crippen LogP contribution in [-0.4, -0.2) is 28.8 Å². The third kappa shape index (κ3) is 4.30. The largest absolute Gasteiger partial charge is 0.497 e. The Labute approximate surface area is 186 Å². The maximum absolute atomic E-state index is 13.6. The predicted octanol–water partition coefficient (Wildman–Crippen LogP) is 5.04. The monoisotopic (exact) mass is 435 g/mol. The third-order valence-corrected chi connectivity index (χ3v) is 5.36. The van der Waals surface area contributed by atoms with Crippen molar-refractivity contribution in [2.75, 3.05) is 24.9 Å². The van der Waals surface area contributed by atoms with Crippen LogP contribution < -0.4 is 20.1 Å². The fraction of sp³-hybridized carbons (Fsp3) is 0.250. The minimum Gasteiger partial charge on any atom is -0.497 e.